The maximum absolute atomic E-state index is 12.3. The van der Waals surface area contributed by atoms with Crippen LogP contribution in [0.25, 0.3) is 0 Å². The number of benzene rings is 1. The largest absolute Gasteiger partial charge is 0.478 e. The lowest BCUT2D eigenvalue weighted by atomic mass is 10.1. The molecule has 0 spiro atoms. The number of carboxylic acids is 1. The highest BCUT2D eigenvalue weighted by Gasteiger charge is 2.26. The smallest absolute Gasteiger partial charge is 0.335 e. The first kappa shape index (κ1) is 15.5. The molecule has 1 aliphatic heterocycles. The molecule has 1 amide bonds. The Balaban J connectivity index is 2.09. The number of carboxylic acid groups (broad SMARTS) is 1. The van der Waals surface area contributed by atoms with E-state index in [4.69, 9.17) is 5.11 Å². The summed E-state index contributed by atoms with van der Waals surface area (Å²) < 4.78 is 24.1. The van der Waals surface area contributed by atoms with Gasteiger partial charge in [0.05, 0.1) is 11.8 Å². The Bertz CT molecular complexity index is 663. The lowest BCUT2D eigenvalue weighted by Gasteiger charge is -2.33. The highest BCUT2D eigenvalue weighted by Crippen LogP contribution is 2.12. The van der Waals surface area contributed by atoms with Crippen molar-refractivity contribution < 1.29 is 23.1 Å². The second kappa shape index (κ2) is 5.82. The van der Waals surface area contributed by atoms with Crippen molar-refractivity contribution in [1.82, 2.24) is 9.21 Å². The zero-order valence-corrected chi connectivity index (χ0v) is 12.3. The van der Waals surface area contributed by atoms with Gasteiger partial charge in [-0.1, -0.05) is 6.07 Å². The third-order valence-electron chi connectivity index (χ3n) is 3.35. The van der Waals surface area contributed by atoms with Crippen LogP contribution < -0.4 is 0 Å². The predicted molar refractivity (Wildman–Crippen MR) is 75.7 cm³/mol. The van der Waals surface area contributed by atoms with Crippen LogP contribution in [0.15, 0.2) is 24.3 Å². The minimum atomic E-state index is -3.24. The molecule has 1 fully saturated rings. The topological polar surface area (TPSA) is 95.0 Å². The average molecular weight is 312 g/mol. The number of aromatic carboxylic acids is 1. The molecule has 1 saturated heterocycles. The van der Waals surface area contributed by atoms with Crippen LogP contribution in [0.3, 0.4) is 0 Å². The van der Waals surface area contributed by atoms with Crippen LogP contribution >= 0.6 is 0 Å². The molecule has 8 heteroatoms. The summed E-state index contributed by atoms with van der Waals surface area (Å²) in [6.07, 6.45) is 1.14. The van der Waals surface area contributed by atoms with Crippen LogP contribution in [0.2, 0.25) is 0 Å². The van der Waals surface area contributed by atoms with Gasteiger partial charge in [0.2, 0.25) is 10.0 Å². The van der Waals surface area contributed by atoms with Crippen molar-refractivity contribution in [2.45, 2.75) is 0 Å². The average Bonchev–Trinajstić information content (AvgIpc) is 2.46. The molecule has 1 aliphatic rings. The highest BCUT2D eigenvalue weighted by molar-refractivity contribution is 7.88. The van der Waals surface area contributed by atoms with Crippen LogP contribution in [0.5, 0.6) is 0 Å². The van der Waals surface area contributed by atoms with E-state index < -0.39 is 16.0 Å². The number of nitrogens with zero attached hydrogens (tertiary/aromatic N) is 2. The van der Waals surface area contributed by atoms with Gasteiger partial charge in [-0.3, -0.25) is 4.79 Å². The van der Waals surface area contributed by atoms with Gasteiger partial charge in [0, 0.05) is 31.7 Å². The lowest BCUT2D eigenvalue weighted by molar-refractivity contribution is 0.0696. The van der Waals surface area contributed by atoms with Crippen LogP contribution in [-0.4, -0.2) is 67.0 Å². The minimum absolute atomic E-state index is 0.0515. The molecular weight excluding hydrogens is 296 g/mol. The fourth-order valence-corrected chi connectivity index (χ4v) is 3.02. The molecular formula is C13H16N2O5S. The Hall–Kier alpha value is -1.93. The minimum Gasteiger partial charge on any atom is -0.478 e. The van der Waals surface area contributed by atoms with E-state index in [1.807, 2.05) is 0 Å². The molecule has 1 heterocycles. The van der Waals surface area contributed by atoms with E-state index in [0.29, 0.717) is 18.7 Å². The van der Waals surface area contributed by atoms with Gasteiger partial charge in [-0.15, -0.1) is 0 Å². The highest BCUT2D eigenvalue weighted by atomic mass is 32.2. The zero-order chi connectivity index (χ0) is 15.6. The fraction of sp³-hybridized carbons (Fsp3) is 0.385. The van der Waals surface area contributed by atoms with Crippen molar-refractivity contribution in [3.8, 4) is 0 Å². The van der Waals surface area contributed by atoms with E-state index in [1.165, 1.54) is 27.4 Å². The molecule has 0 atom stereocenters. The Kier molecular flexibility index (Phi) is 4.29. The second-order valence-electron chi connectivity index (χ2n) is 4.84. The maximum Gasteiger partial charge on any atom is 0.335 e. The Morgan fingerprint density at radius 1 is 1.10 bits per heavy atom. The quantitative estimate of drug-likeness (QED) is 0.854. The van der Waals surface area contributed by atoms with E-state index in [0.717, 1.165) is 6.26 Å². The number of hydrogen-bond donors (Lipinski definition) is 1. The standard InChI is InChI=1S/C13H16N2O5S/c1-21(19,20)15-7-5-14(6-8-15)12(16)10-3-2-4-11(9-10)13(17)18/h2-4,9H,5-8H2,1H3,(H,17,18). The summed E-state index contributed by atoms with van der Waals surface area (Å²) in [5.41, 5.74) is 0.346. The van der Waals surface area contributed by atoms with Crippen LogP contribution in [0, 0.1) is 0 Å². The van der Waals surface area contributed by atoms with Crippen molar-refractivity contribution in [3.05, 3.63) is 35.4 Å². The third-order valence-corrected chi connectivity index (χ3v) is 4.65. The molecule has 21 heavy (non-hydrogen) atoms. The summed E-state index contributed by atoms with van der Waals surface area (Å²) in [7, 11) is -3.24. The Morgan fingerprint density at radius 3 is 2.19 bits per heavy atom. The second-order valence-corrected chi connectivity index (χ2v) is 6.82. The van der Waals surface area contributed by atoms with Gasteiger partial charge < -0.3 is 10.0 Å². The molecule has 0 aromatic heterocycles. The number of sulfonamides is 1. The van der Waals surface area contributed by atoms with E-state index >= 15 is 0 Å². The summed E-state index contributed by atoms with van der Waals surface area (Å²) >= 11 is 0. The van der Waals surface area contributed by atoms with E-state index in [9.17, 15) is 18.0 Å². The first-order valence-corrected chi connectivity index (χ1v) is 8.21. The van der Waals surface area contributed by atoms with Gasteiger partial charge in [-0.25, -0.2) is 13.2 Å². The van der Waals surface area contributed by atoms with Gasteiger partial charge in [-0.05, 0) is 18.2 Å². The zero-order valence-electron chi connectivity index (χ0n) is 11.5. The predicted octanol–water partition coefficient (Wildman–Crippen LogP) is 0.102. The van der Waals surface area contributed by atoms with Crippen molar-refractivity contribution in [1.29, 1.82) is 0 Å². The third kappa shape index (κ3) is 3.59. The van der Waals surface area contributed by atoms with Gasteiger partial charge in [-0.2, -0.15) is 4.31 Å². The number of hydrogen-bond acceptors (Lipinski definition) is 4. The van der Waals surface area contributed by atoms with Crippen molar-refractivity contribution in [2.24, 2.45) is 0 Å². The molecule has 2 rings (SSSR count). The molecule has 1 aromatic carbocycles. The van der Waals surface area contributed by atoms with Gasteiger partial charge in [0.1, 0.15) is 0 Å². The molecule has 114 valence electrons. The number of carbonyl (C=O) groups is 2. The summed E-state index contributed by atoms with van der Waals surface area (Å²) in [5, 5.41) is 8.93. The SMILES string of the molecule is CS(=O)(=O)N1CCN(C(=O)c2cccc(C(=O)O)c2)CC1. The summed E-state index contributed by atoms with van der Waals surface area (Å²) in [6, 6.07) is 5.81. The van der Waals surface area contributed by atoms with Crippen molar-refractivity contribution in [3.63, 3.8) is 0 Å². The number of amides is 1. The molecule has 1 N–H and O–H groups in total. The maximum atomic E-state index is 12.3. The Labute approximate surface area is 122 Å². The van der Waals surface area contributed by atoms with E-state index in [-0.39, 0.29) is 24.6 Å². The molecule has 0 aliphatic carbocycles. The summed E-state index contributed by atoms with van der Waals surface area (Å²) in [6.45, 7) is 1.10. The van der Waals surface area contributed by atoms with Gasteiger partial charge in [0.25, 0.3) is 5.91 Å². The monoisotopic (exact) mass is 312 g/mol. The van der Waals surface area contributed by atoms with Crippen LogP contribution in [-0.2, 0) is 10.0 Å². The van der Waals surface area contributed by atoms with Crippen molar-refractivity contribution in [2.75, 3.05) is 32.4 Å². The summed E-state index contributed by atoms with van der Waals surface area (Å²) in [4.78, 5) is 24.7. The number of rotatable bonds is 3. The van der Waals surface area contributed by atoms with Crippen molar-refractivity contribution >= 4 is 21.9 Å². The van der Waals surface area contributed by atoms with E-state index in [1.54, 1.807) is 6.07 Å². The molecule has 0 saturated carbocycles. The first-order valence-electron chi connectivity index (χ1n) is 6.37. The van der Waals surface area contributed by atoms with Crippen LogP contribution in [0.1, 0.15) is 20.7 Å². The van der Waals surface area contributed by atoms with Gasteiger partial charge >= 0.3 is 5.97 Å². The fourth-order valence-electron chi connectivity index (χ4n) is 2.19. The van der Waals surface area contributed by atoms with Gasteiger partial charge in [0.15, 0.2) is 0 Å². The summed E-state index contributed by atoms with van der Waals surface area (Å²) in [5.74, 6) is -1.38. The molecule has 0 unspecified atom stereocenters. The molecule has 7 nitrogen and oxygen atoms in total. The number of carbonyl (C=O) groups excluding carboxylic acids is 1. The first-order chi connectivity index (χ1) is 9.79. The molecule has 0 radical (unpaired) electrons. The molecule has 1 aromatic rings. The molecule has 0 bridgehead atoms. The Morgan fingerprint density at radius 2 is 1.67 bits per heavy atom. The van der Waals surface area contributed by atoms with Crippen LogP contribution in [0.4, 0.5) is 0 Å². The number of piperazine rings is 1. The normalized spacial score (nSPS) is 16.7. The lowest BCUT2D eigenvalue weighted by Crippen LogP contribution is -2.50. The van der Waals surface area contributed by atoms with E-state index in [2.05, 4.69) is 0 Å².